The fourth-order valence-corrected chi connectivity index (χ4v) is 4.33. The molecule has 2 aromatic rings. The molecule has 0 atom stereocenters. The number of sulfonamides is 1. The van der Waals surface area contributed by atoms with Gasteiger partial charge >= 0.3 is 0 Å². The Kier molecular flexibility index (Phi) is 4.76. The summed E-state index contributed by atoms with van der Waals surface area (Å²) in [5.41, 5.74) is 0.765. The van der Waals surface area contributed by atoms with Gasteiger partial charge in [0.1, 0.15) is 5.82 Å². The van der Waals surface area contributed by atoms with Crippen molar-refractivity contribution in [1.29, 1.82) is 0 Å². The van der Waals surface area contributed by atoms with Crippen LogP contribution in [0.3, 0.4) is 0 Å². The molecular formula is C17H23N3O3S. The highest BCUT2D eigenvalue weighted by Crippen LogP contribution is 2.23. The zero-order valence-electron chi connectivity index (χ0n) is 13.9. The highest BCUT2D eigenvalue weighted by Gasteiger charge is 2.25. The van der Waals surface area contributed by atoms with E-state index in [1.807, 2.05) is 31.1 Å². The normalized spacial score (nSPS) is 21.8. The molecule has 0 aliphatic heterocycles. The Bertz CT molecular complexity index is 828. The van der Waals surface area contributed by atoms with Gasteiger partial charge in [-0.15, -0.1) is 0 Å². The lowest BCUT2D eigenvalue weighted by Gasteiger charge is -2.26. The fraction of sp³-hybridized carbons (Fsp3) is 0.471. The van der Waals surface area contributed by atoms with Crippen molar-refractivity contribution < 1.29 is 13.5 Å². The first kappa shape index (κ1) is 17.1. The molecule has 0 spiro atoms. The minimum Gasteiger partial charge on any atom is -0.393 e. The van der Waals surface area contributed by atoms with Gasteiger partial charge in [0.05, 0.1) is 16.5 Å². The van der Waals surface area contributed by atoms with E-state index in [1.54, 1.807) is 18.2 Å². The highest BCUT2D eigenvalue weighted by molar-refractivity contribution is 7.89. The zero-order chi connectivity index (χ0) is 17.3. The number of aliphatic hydroxyl groups is 1. The maximum Gasteiger partial charge on any atom is 0.240 e. The molecule has 0 bridgehead atoms. The number of hydrogen-bond acceptors (Lipinski definition) is 5. The van der Waals surface area contributed by atoms with Crippen LogP contribution in [-0.4, -0.2) is 44.7 Å². The van der Waals surface area contributed by atoms with Crippen molar-refractivity contribution in [1.82, 2.24) is 9.71 Å². The van der Waals surface area contributed by atoms with Crippen LogP contribution in [0.5, 0.6) is 0 Å². The smallest absolute Gasteiger partial charge is 0.240 e. The van der Waals surface area contributed by atoms with Crippen LogP contribution >= 0.6 is 0 Å². The third-order valence-corrected chi connectivity index (χ3v) is 5.95. The van der Waals surface area contributed by atoms with Crippen LogP contribution in [0.15, 0.2) is 35.2 Å². The molecule has 1 aromatic heterocycles. The van der Waals surface area contributed by atoms with E-state index >= 15 is 0 Å². The predicted octanol–water partition coefficient (Wildman–Crippen LogP) is 1.88. The predicted molar refractivity (Wildman–Crippen MR) is 94.7 cm³/mol. The van der Waals surface area contributed by atoms with Crippen LogP contribution in [0.4, 0.5) is 5.82 Å². The average molecular weight is 349 g/mol. The van der Waals surface area contributed by atoms with Gasteiger partial charge in [-0.05, 0) is 56.0 Å². The van der Waals surface area contributed by atoms with Crippen LogP contribution < -0.4 is 9.62 Å². The summed E-state index contributed by atoms with van der Waals surface area (Å²) in [6, 6.07) is 8.63. The maximum atomic E-state index is 12.6. The van der Waals surface area contributed by atoms with Crippen molar-refractivity contribution in [2.45, 2.75) is 42.7 Å². The van der Waals surface area contributed by atoms with Gasteiger partial charge in [0.2, 0.25) is 10.0 Å². The lowest BCUT2D eigenvalue weighted by Crippen LogP contribution is -2.38. The molecule has 6 nitrogen and oxygen atoms in total. The minimum absolute atomic E-state index is 0.108. The Labute approximate surface area is 142 Å². The molecule has 1 aliphatic carbocycles. The van der Waals surface area contributed by atoms with E-state index in [4.69, 9.17) is 0 Å². The number of nitrogens with one attached hydrogen (secondary N) is 1. The summed E-state index contributed by atoms with van der Waals surface area (Å²) in [7, 11) is 0.264. The number of fused-ring (bicyclic) bond motifs is 1. The van der Waals surface area contributed by atoms with Crippen molar-refractivity contribution in [2.24, 2.45) is 0 Å². The van der Waals surface area contributed by atoms with Gasteiger partial charge in [0.25, 0.3) is 0 Å². The summed E-state index contributed by atoms with van der Waals surface area (Å²) in [6.45, 7) is 0. The van der Waals surface area contributed by atoms with E-state index < -0.39 is 10.0 Å². The number of pyridine rings is 1. The van der Waals surface area contributed by atoms with Crippen LogP contribution in [0.25, 0.3) is 10.9 Å². The number of nitrogens with zero attached hydrogens (tertiary/aromatic N) is 2. The quantitative estimate of drug-likeness (QED) is 0.881. The maximum absolute atomic E-state index is 12.6. The molecule has 0 saturated heterocycles. The number of benzene rings is 1. The summed E-state index contributed by atoms with van der Waals surface area (Å²) >= 11 is 0. The molecule has 1 aliphatic rings. The molecule has 0 radical (unpaired) electrons. The lowest BCUT2D eigenvalue weighted by atomic mass is 9.94. The van der Waals surface area contributed by atoms with Crippen molar-refractivity contribution >= 4 is 26.7 Å². The summed E-state index contributed by atoms with van der Waals surface area (Å²) in [4.78, 5) is 6.66. The Morgan fingerprint density at radius 2 is 1.83 bits per heavy atom. The second-order valence-electron chi connectivity index (χ2n) is 6.55. The Morgan fingerprint density at radius 3 is 2.50 bits per heavy atom. The van der Waals surface area contributed by atoms with E-state index in [0.29, 0.717) is 25.7 Å². The second kappa shape index (κ2) is 6.66. The van der Waals surface area contributed by atoms with Gasteiger partial charge in [-0.3, -0.25) is 0 Å². The largest absolute Gasteiger partial charge is 0.393 e. The molecule has 3 rings (SSSR count). The van der Waals surface area contributed by atoms with E-state index in [2.05, 4.69) is 9.71 Å². The number of rotatable bonds is 4. The summed E-state index contributed by atoms with van der Waals surface area (Å²) in [5.74, 6) is 0.831. The SMILES string of the molecule is CN(C)c1ccc2cc(S(=O)(=O)NC3CCC(O)CC3)ccc2n1. The lowest BCUT2D eigenvalue weighted by molar-refractivity contribution is 0.120. The second-order valence-corrected chi connectivity index (χ2v) is 8.26. The van der Waals surface area contributed by atoms with Crippen LogP contribution in [0.1, 0.15) is 25.7 Å². The molecule has 0 amide bonds. The number of hydrogen-bond donors (Lipinski definition) is 2. The minimum atomic E-state index is -3.57. The van der Waals surface area contributed by atoms with Crippen molar-refractivity contribution in [3.05, 3.63) is 30.3 Å². The van der Waals surface area contributed by atoms with E-state index in [0.717, 1.165) is 16.7 Å². The summed E-state index contributed by atoms with van der Waals surface area (Å²) in [5, 5.41) is 10.3. The van der Waals surface area contributed by atoms with Crippen molar-refractivity contribution in [3.8, 4) is 0 Å². The Balaban J connectivity index is 1.84. The molecule has 2 N–H and O–H groups in total. The summed E-state index contributed by atoms with van der Waals surface area (Å²) < 4.78 is 28.0. The molecule has 24 heavy (non-hydrogen) atoms. The van der Waals surface area contributed by atoms with Crippen LogP contribution in [-0.2, 0) is 10.0 Å². The molecule has 1 saturated carbocycles. The first-order chi connectivity index (χ1) is 11.3. The van der Waals surface area contributed by atoms with Gasteiger partial charge in [0, 0.05) is 25.5 Å². The molecule has 7 heteroatoms. The molecule has 130 valence electrons. The van der Waals surface area contributed by atoms with Gasteiger partial charge < -0.3 is 10.0 Å². The van der Waals surface area contributed by atoms with Gasteiger partial charge in [-0.25, -0.2) is 18.1 Å². The van der Waals surface area contributed by atoms with Crippen LogP contribution in [0, 0.1) is 0 Å². The molecule has 1 fully saturated rings. The first-order valence-corrected chi connectivity index (χ1v) is 9.62. The zero-order valence-corrected chi connectivity index (χ0v) is 14.8. The van der Waals surface area contributed by atoms with Gasteiger partial charge in [0.15, 0.2) is 0 Å². The summed E-state index contributed by atoms with van der Waals surface area (Å²) in [6.07, 6.45) is 2.32. The Morgan fingerprint density at radius 1 is 1.12 bits per heavy atom. The van der Waals surface area contributed by atoms with E-state index in [9.17, 15) is 13.5 Å². The number of aromatic nitrogens is 1. The van der Waals surface area contributed by atoms with Crippen LogP contribution in [0.2, 0.25) is 0 Å². The van der Waals surface area contributed by atoms with Gasteiger partial charge in [-0.2, -0.15) is 0 Å². The standard InChI is InChI=1S/C17H23N3O3S/c1-20(2)17-10-3-12-11-15(8-9-16(12)18-17)24(22,23)19-13-4-6-14(21)7-5-13/h3,8-11,13-14,19,21H,4-7H2,1-2H3. The fourth-order valence-electron chi connectivity index (χ4n) is 2.99. The van der Waals surface area contributed by atoms with E-state index in [-0.39, 0.29) is 17.0 Å². The monoisotopic (exact) mass is 349 g/mol. The first-order valence-electron chi connectivity index (χ1n) is 8.14. The van der Waals surface area contributed by atoms with Crippen molar-refractivity contribution in [2.75, 3.05) is 19.0 Å². The average Bonchev–Trinajstić information content (AvgIpc) is 2.55. The molecule has 1 heterocycles. The topological polar surface area (TPSA) is 82.5 Å². The molecule has 1 aromatic carbocycles. The Hall–Kier alpha value is -1.70. The van der Waals surface area contributed by atoms with Crippen molar-refractivity contribution in [3.63, 3.8) is 0 Å². The van der Waals surface area contributed by atoms with Gasteiger partial charge in [-0.1, -0.05) is 0 Å². The van der Waals surface area contributed by atoms with E-state index in [1.165, 1.54) is 0 Å². The highest BCUT2D eigenvalue weighted by atomic mass is 32.2. The molecular weight excluding hydrogens is 326 g/mol. The number of aliphatic hydroxyl groups excluding tert-OH is 1. The third-order valence-electron chi connectivity index (χ3n) is 4.43. The third kappa shape index (κ3) is 3.68. The number of anilines is 1. The molecule has 0 unspecified atom stereocenters.